The predicted octanol–water partition coefficient (Wildman–Crippen LogP) is 2.72. The minimum atomic E-state index is 1.17. The molecule has 0 bridgehead atoms. The molecule has 1 saturated heterocycles. The van der Waals surface area contributed by atoms with Crippen molar-refractivity contribution in [1.82, 2.24) is 9.88 Å². The van der Waals surface area contributed by atoms with Crippen LogP contribution in [0.2, 0.25) is 0 Å². The predicted molar refractivity (Wildman–Crippen MR) is 67.8 cm³/mol. The van der Waals surface area contributed by atoms with Gasteiger partial charge in [-0.1, -0.05) is 11.6 Å². The van der Waals surface area contributed by atoms with Crippen molar-refractivity contribution in [1.29, 1.82) is 0 Å². The van der Waals surface area contributed by atoms with E-state index in [9.17, 15) is 0 Å². The Morgan fingerprint density at radius 1 is 1.31 bits per heavy atom. The number of likely N-dealkylation sites (tertiary alicyclic amines) is 1. The van der Waals surface area contributed by atoms with Gasteiger partial charge in [-0.2, -0.15) is 0 Å². The Kier molecular flexibility index (Phi) is 2.44. The van der Waals surface area contributed by atoms with Crippen molar-refractivity contribution in [3.63, 3.8) is 0 Å². The summed E-state index contributed by atoms with van der Waals surface area (Å²) in [7, 11) is 0. The molecule has 0 atom stereocenters. The SMILES string of the molecule is Cc1ccc2[nH]cc(CCN3CCC3)c2c1. The highest BCUT2D eigenvalue weighted by molar-refractivity contribution is 5.83. The van der Waals surface area contributed by atoms with Crippen molar-refractivity contribution in [2.45, 2.75) is 19.8 Å². The molecule has 84 valence electrons. The van der Waals surface area contributed by atoms with Crippen molar-refractivity contribution < 1.29 is 0 Å². The summed E-state index contributed by atoms with van der Waals surface area (Å²) in [6, 6.07) is 6.63. The van der Waals surface area contributed by atoms with Crippen molar-refractivity contribution in [3.8, 4) is 0 Å². The van der Waals surface area contributed by atoms with Crippen molar-refractivity contribution in [3.05, 3.63) is 35.5 Å². The van der Waals surface area contributed by atoms with E-state index < -0.39 is 0 Å². The van der Waals surface area contributed by atoms with E-state index in [1.807, 2.05) is 0 Å². The lowest BCUT2D eigenvalue weighted by atomic mass is 10.1. The van der Waals surface area contributed by atoms with Crippen LogP contribution >= 0.6 is 0 Å². The van der Waals surface area contributed by atoms with Gasteiger partial charge in [-0.3, -0.25) is 0 Å². The number of benzene rings is 1. The molecule has 0 amide bonds. The lowest BCUT2D eigenvalue weighted by Crippen LogP contribution is -2.38. The number of aromatic amines is 1. The first kappa shape index (κ1) is 9.91. The zero-order valence-electron chi connectivity index (χ0n) is 9.79. The summed E-state index contributed by atoms with van der Waals surface area (Å²) in [5.74, 6) is 0. The van der Waals surface area contributed by atoms with E-state index >= 15 is 0 Å². The average molecular weight is 214 g/mol. The number of fused-ring (bicyclic) bond motifs is 1. The molecule has 0 saturated carbocycles. The van der Waals surface area contributed by atoms with Crippen LogP contribution in [0.15, 0.2) is 24.4 Å². The summed E-state index contributed by atoms with van der Waals surface area (Å²) in [6.45, 7) is 5.95. The number of hydrogen-bond donors (Lipinski definition) is 1. The molecule has 1 aliphatic heterocycles. The van der Waals surface area contributed by atoms with Gasteiger partial charge >= 0.3 is 0 Å². The average Bonchev–Trinajstić information content (AvgIpc) is 2.59. The zero-order chi connectivity index (χ0) is 11.0. The second-order valence-electron chi connectivity index (χ2n) is 4.81. The standard InChI is InChI=1S/C14H18N2/c1-11-3-4-14-13(9-11)12(10-15-14)5-8-16-6-2-7-16/h3-4,9-10,15H,2,5-8H2,1H3. The highest BCUT2D eigenvalue weighted by Crippen LogP contribution is 2.20. The zero-order valence-corrected chi connectivity index (χ0v) is 9.79. The minimum Gasteiger partial charge on any atom is -0.361 e. The third kappa shape index (κ3) is 1.74. The fourth-order valence-corrected chi connectivity index (χ4v) is 2.38. The maximum absolute atomic E-state index is 3.36. The number of aryl methyl sites for hydroxylation is 1. The maximum Gasteiger partial charge on any atom is 0.0456 e. The summed E-state index contributed by atoms with van der Waals surface area (Å²) in [6.07, 6.45) is 4.72. The molecule has 1 fully saturated rings. The molecule has 0 unspecified atom stereocenters. The second kappa shape index (κ2) is 3.95. The van der Waals surface area contributed by atoms with Gasteiger partial charge in [0.25, 0.3) is 0 Å². The van der Waals surface area contributed by atoms with E-state index in [1.54, 1.807) is 0 Å². The highest BCUT2D eigenvalue weighted by atomic mass is 15.2. The molecule has 0 aliphatic carbocycles. The van der Waals surface area contributed by atoms with E-state index in [0.717, 1.165) is 0 Å². The Hall–Kier alpha value is -1.28. The smallest absolute Gasteiger partial charge is 0.0456 e. The minimum absolute atomic E-state index is 1.17. The molecule has 1 aliphatic rings. The van der Waals surface area contributed by atoms with Crippen LogP contribution in [0.4, 0.5) is 0 Å². The topological polar surface area (TPSA) is 19.0 Å². The fraction of sp³-hybridized carbons (Fsp3) is 0.429. The van der Waals surface area contributed by atoms with Gasteiger partial charge in [-0.25, -0.2) is 0 Å². The molecule has 1 aromatic heterocycles. The molecular weight excluding hydrogens is 196 g/mol. The van der Waals surface area contributed by atoms with Gasteiger partial charge in [-0.15, -0.1) is 0 Å². The Balaban J connectivity index is 1.82. The van der Waals surface area contributed by atoms with E-state index in [-0.39, 0.29) is 0 Å². The third-order valence-corrected chi connectivity index (χ3v) is 3.57. The van der Waals surface area contributed by atoms with E-state index in [2.05, 4.69) is 41.2 Å². The van der Waals surface area contributed by atoms with E-state index in [0.29, 0.717) is 0 Å². The summed E-state index contributed by atoms with van der Waals surface area (Å²) >= 11 is 0. The van der Waals surface area contributed by atoms with E-state index in [4.69, 9.17) is 0 Å². The van der Waals surface area contributed by atoms with Crippen LogP contribution in [0.3, 0.4) is 0 Å². The Bertz CT molecular complexity index is 494. The molecule has 2 heteroatoms. The van der Waals surface area contributed by atoms with Crippen LogP contribution in [0.25, 0.3) is 10.9 Å². The number of hydrogen-bond acceptors (Lipinski definition) is 1. The van der Waals surface area contributed by atoms with Crippen LogP contribution < -0.4 is 0 Å². The van der Waals surface area contributed by atoms with Crippen molar-refractivity contribution >= 4 is 10.9 Å². The first-order chi connectivity index (χ1) is 7.83. The molecule has 1 aromatic carbocycles. The lowest BCUT2D eigenvalue weighted by Gasteiger charge is -2.30. The first-order valence-electron chi connectivity index (χ1n) is 6.12. The Morgan fingerprint density at radius 3 is 2.94 bits per heavy atom. The molecular formula is C14H18N2. The fourth-order valence-electron chi connectivity index (χ4n) is 2.38. The number of H-pyrrole nitrogens is 1. The molecule has 0 radical (unpaired) electrons. The number of nitrogens with one attached hydrogen (secondary N) is 1. The molecule has 16 heavy (non-hydrogen) atoms. The van der Waals surface area contributed by atoms with Crippen LogP contribution in [-0.2, 0) is 6.42 Å². The molecule has 3 rings (SSSR count). The summed E-state index contributed by atoms with van der Waals surface area (Å²) in [5.41, 5.74) is 4.08. The van der Waals surface area contributed by atoms with Crippen molar-refractivity contribution in [2.75, 3.05) is 19.6 Å². The van der Waals surface area contributed by atoms with Crippen LogP contribution in [0.5, 0.6) is 0 Å². The summed E-state index contributed by atoms with van der Waals surface area (Å²) in [4.78, 5) is 5.88. The Labute approximate surface area is 96.3 Å². The summed E-state index contributed by atoms with van der Waals surface area (Å²) < 4.78 is 0. The Morgan fingerprint density at radius 2 is 2.19 bits per heavy atom. The van der Waals surface area contributed by atoms with Crippen molar-refractivity contribution in [2.24, 2.45) is 0 Å². The maximum atomic E-state index is 3.36. The van der Waals surface area contributed by atoms with Gasteiger partial charge in [0.15, 0.2) is 0 Å². The van der Waals surface area contributed by atoms with Gasteiger partial charge in [0.05, 0.1) is 0 Å². The second-order valence-corrected chi connectivity index (χ2v) is 4.81. The monoisotopic (exact) mass is 214 g/mol. The van der Waals surface area contributed by atoms with Crippen LogP contribution in [-0.4, -0.2) is 29.5 Å². The lowest BCUT2D eigenvalue weighted by molar-refractivity contribution is 0.184. The molecule has 1 N–H and O–H groups in total. The summed E-state index contributed by atoms with van der Waals surface area (Å²) in [5, 5.41) is 1.40. The van der Waals surface area contributed by atoms with Gasteiger partial charge < -0.3 is 9.88 Å². The molecule has 2 heterocycles. The first-order valence-corrected chi connectivity index (χ1v) is 6.12. The quantitative estimate of drug-likeness (QED) is 0.832. The number of rotatable bonds is 3. The van der Waals surface area contributed by atoms with Crippen LogP contribution in [0.1, 0.15) is 17.5 Å². The van der Waals surface area contributed by atoms with Crippen LogP contribution in [0, 0.1) is 6.92 Å². The van der Waals surface area contributed by atoms with Gasteiger partial charge in [0, 0.05) is 23.6 Å². The highest BCUT2D eigenvalue weighted by Gasteiger charge is 2.13. The van der Waals surface area contributed by atoms with Gasteiger partial charge in [0.1, 0.15) is 0 Å². The number of aromatic nitrogens is 1. The van der Waals surface area contributed by atoms with Gasteiger partial charge in [-0.05, 0) is 50.6 Å². The normalized spacial score (nSPS) is 16.6. The van der Waals surface area contributed by atoms with E-state index in [1.165, 1.54) is 54.5 Å². The molecule has 2 nitrogen and oxygen atoms in total. The molecule has 2 aromatic rings. The largest absolute Gasteiger partial charge is 0.361 e. The third-order valence-electron chi connectivity index (χ3n) is 3.57. The molecule has 0 spiro atoms. The number of nitrogens with zero attached hydrogens (tertiary/aromatic N) is 1. The van der Waals surface area contributed by atoms with Gasteiger partial charge in [0.2, 0.25) is 0 Å².